The molecule has 3 N–H and O–H groups in total. The maximum Gasteiger partial charge on any atom is 0.238 e. The van der Waals surface area contributed by atoms with E-state index in [4.69, 9.17) is 24.9 Å². The van der Waals surface area contributed by atoms with E-state index in [0.29, 0.717) is 44.9 Å². The van der Waals surface area contributed by atoms with E-state index in [-0.39, 0.29) is 35.7 Å². The van der Waals surface area contributed by atoms with Crippen LogP contribution in [0.3, 0.4) is 0 Å². The lowest BCUT2D eigenvalue weighted by molar-refractivity contribution is -0.0391. The third kappa shape index (κ3) is 4.40. The summed E-state index contributed by atoms with van der Waals surface area (Å²) in [5.74, 6) is 0.484. The summed E-state index contributed by atoms with van der Waals surface area (Å²) in [5, 5.41) is 17.3. The fraction of sp³-hybridized carbons (Fsp3) is 0.219. The molecule has 1 saturated heterocycles. The lowest BCUT2D eigenvalue weighted by Crippen LogP contribution is -2.18. The second kappa shape index (κ2) is 10.5. The van der Waals surface area contributed by atoms with Crippen LogP contribution in [-0.2, 0) is 11.3 Å². The number of phenols is 1. The zero-order valence-corrected chi connectivity index (χ0v) is 22.9. The van der Waals surface area contributed by atoms with Gasteiger partial charge in [0, 0.05) is 40.7 Å². The van der Waals surface area contributed by atoms with Crippen molar-refractivity contribution in [3.63, 3.8) is 0 Å². The number of nitrogens with two attached hydrogens (primary N) is 1. The Morgan fingerprint density at radius 3 is 2.69 bits per heavy atom. The van der Waals surface area contributed by atoms with Crippen molar-refractivity contribution in [2.45, 2.75) is 32.1 Å². The Kier molecular flexibility index (Phi) is 6.47. The van der Waals surface area contributed by atoms with Crippen molar-refractivity contribution in [1.82, 2.24) is 19.7 Å². The van der Waals surface area contributed by atoms with Crippen LogP contribution >= 0.6 is 0 Å². The van der Waals surface area contributed by atoms with Crippen molar-refractivity contribution in [3.05, 3.63) is 78.4 Å². The minimum Gasteiger partial charge on any atom is -0.506 e. The van der Waals surface area contributed by atoms with Gasteiger partial charge in [-0.15, -0.1) is 0 Å². The fourth-order valence-electron chi connectivity index (χ4n) is 5.61. The van der Waals surface area contributed by atoms with Crippen LogP contribution in [-0.4, -0.2) is 38.6 Å². The predicted octanol–water partition coefficient (Wildman–Crippen LogP) is 6.51. The topological polar surface area (TPSA) is 118 Å². The van der Waals surface area contributed by atoms with Crippen LogP contribution in [0, 0.1) is 5.82 Å². The summed E-state index contributed by atoms with van der Waals surface area (Å²) in [5.41, 5.74) is 10.3. The predicted molar refractivity (Wildman–Crippen MR) is 158 cm³/mol. The molecule has 0 radical (unpaired) electrons. The molecule has 3 aromatic carbocycles. The molecule has 42 heavy (non-hydrogen) atoms. The molecule has 10 heteroatoms. The van der Waals surface area contributed by atoms with Gasteiger partial charge in [-0.25, -0.2) is 14.1 Å². The summed E-state index contributed by atoms with van der Waals surface area (Å²) >= 11 is 0. The van der Waals surface area contributed by atoms with Gasteiger partial charge in [-0.2, -0.15) is 5.10 Å². The molecule has 1 unspecified atom stereocenters. The molecule has 0 bridgehead atoms. The second-order valence-corrected chi connectivity index (χ2v) is 10.3. The average molecular weight is 566 g/mol. The molecule has 9 nitrogen and oxygen atoms in total. The lowest BCUT2D eigenvalue weighted by Gasteiger charge is -2.22. The van der Waals surface area contributed by atoms with Gasteiger partial charge in [-0.1, -0.05) is 18.2 Å². The summed E-state index contributed by atoms with van der Waals surface area (Å²) < 4.78 is 34.2. The molecule has 0 amide bonds. The van der Waals surface area contributed by atoms with E-state index in [2.05, 4.69) is 10.1 Å². The highest BCUT2D eigenvalue weighted by Crippen LogP contribution is 2.45. The molecular formula is C32H28FN5O4. The third-order valence-corrected chi connectivity index (χ3v) is 7.72. The highest BCUT2D eigenvalue weighted by molar-refractivity contribution is 6.16. The molecule has 6 aromatic rings. The van der Waals surface area contributed by atoms with Gasteiger partial charge >= 0.3 is 0 Å². The number of benzene rings is 3. The van der Waals surface area contributed by atoms with Gasteiger partial charge < -0.3 is 25.1 Å². The molecule has 212 valence electrons. The molecule has 1 aliphatic heterocycles. The highest BCUT2D eigenvalue weighted by Gasteiger charge is 2.24. The number of phenolic OH excluding ortho intramolecular Hbond substituents is 1. The molecular weight excluding hydrogens is 537 g/mol. The Balaban J connectivity index is 1.44. The van der Waals surface area contributed by atoms with Crippen LogP contribution in [0.4, 0.5) is 10.1 Å². The second-order valence-electron chi connectivity index (χ2n) is 10.3. The molecule has 7 rings (SSSR count). The van der Waals surface area contributed by atoms with Gasteiger partial charge in [-0.05, 0) is 66.8 Å². The van der Waals surface area contributed by atoms with E-state index in [1.165, 1.54) is 6.07 Å². The van der Waals surface area contributed by atoms with Gasteiger partial charge in [-0.3, -0.25) is 4.98 Å². The van der Waals surface area contributed by atoms with E-state index in [0.717, 1.165) is 30.6 Å². The summed E-state index contributed by atoms with van der Waals surface area (Å²) in [6.45, 7) is 0.837. The number of halogens is 1. The number of aromatic hydroxyl groups is 1. The minimum absolute atomic E-state index is 0.0166. The quantitative estimate of drug-likeness (QED) is 0.219. The summed E-state index contributed by atoms with van der Waals surface area (Å²) in [7, 11) is 1.61. The molecule has 3 aromatic heterocycles. The van der Waals surface area contributed by atoms with E-state index < -0.39 is 5.82 Å². The summed E-state index contributed by atoms with van der Waals surface area (Å²) in [6, 6.07) is 15.8. The first-order valence-electron chi connectivity index (χ1n) is 13.8. The number of pyridine rings is 2. The third-order valence-electron chi connectivity index (χ3n) is 7.72. The molecule has 0 spiro atoms. The average Bonchev–Trinajstić information content (AvgIpc) is 3.49. The normalized spacial score (nSPS) is 15.4. The first-order valence-corrected chi connectivity index (χ1v) is 13.8. The van der Waals surface area contributed by atoms with Gasteiger partial charge in [0.2, 0.25) is 5.88 Å². The van der Waals surface area contributed by atoms with Gasteiger partial charge in [0.15, 0.2) is 5.82 Å². The number of nitrogen functional groups attached to an aromatic ring is 1. The standard InChI is InChI=1S/C32H28FN5O4/c1-40-19-9-7-18(8-10-19)17-42-32-28(34)27(22-15-25(39)31-21(29(22)36-32)5-4-13-35-31)20-11-12-24(33)30-23(20)16-38(37-30)26-6-2-3-14-41-26/h4-5,7-13,15-16,26,39H,2-3,6,14,17,34H2,1H3. The van der Waals surface area contributed by atoms with E-state index in [1.807, 2.05) is 30.3 Å². The van der Waals surface area contributed by atoms with Crippen molar-refractivity contribution in [2.75, 3.05) is 19.5 Å². The maximum atomic E-state index is 15.1. The van der Waals surface area contributed by atoms with Crippen molar-refractivity contribution in [2.24, 2.45) is 0 Å². The Hall–Kier alpha value is -4.96. The Bertz CT molecular complexity index is 1950. The molecule has 4 heterocycles. The number of rotatable bonds is 6. The number of hydrogen-bond acceptors (Lipinski definition) is 8. The van der Waals surface area contributed by atoms with Gasteiger partial charge in [0.25, 0.3) is 0 Å². The van der Waals surface area contributed by atoms with E-state index in [1.54, 1.807) is 42.4 Å². The van der Waals surface area contributed by atoms with Gasteiger partial charge in [0.1, 0.15) is 41.1 Å². The number of methoxy groups -OCH3 is 1. The smallest absolute Gasteiger partial charge is 0.238 e. The molecule has 0 aliphatic carbocycles. The van der Waals surface area contributed by atoms with Crippen molar-refractivity contribution in [3.8, 4) is 28.5 Å². The first-order chi connectivity index (χ1) is 20.5. The Morgan fingerprint density at radius 2 is 1.90 bits per heavy atom. The maximum absolute atomic E-state index is 15.1. The summed E-state index contributed by atoms with van der Waals surface area (Å²) in [6.07, 6.45) is 5.93. The minimum atomic E-state index is -0.450. The SMILES string of the molecule is COc1ccc(COc2nc3c(cc(O)c4ncccc43)c(-c3ccc(F)c4nn(C5CCCCO5)cc34)c2N)cc1. The van der Waals surface area contributed by atoms with Crippen LogP contribution in [0.2, 0.25) is 0 Å². The number of hydrogen-bond donors (Lipinski definition) is 2. The Labute approximate surface area is 240 Å². The number of nitrogens with zero attached hydrogens (tertiary/aromatic N) is 4. The molecule has 1 fully saturated rings. The van der Waals surface area contributed by atoms with Crippen molar-refractivity contribution < 1.29 is 23.7 Å². The molecule has 1 aliphatic rings. The van der Waals surface area contributed by atoms with Gasteiger partial charge in [0.05, 0.1) is 12.6 Å². The fourth-order valence-corrected chi connectivity index (χ4v) is 5.61. The highest BCUT2D eigenvalue weighted by atomic mass is 19.1. The first kappa shape index (κ1) is 26.0. The monoisotopic (exact) mass is 565 g/mol. The van der Waals surface area contributed by atoms with Crippen LogP contribution < -0.4 is 15.2 Å². The molecule has 1 atom stereocenters. The van der Waals surface area contributed by atoms with Crippen LogP contribution in [0.1, 0.15) is 31.1 Å². The van der Waals surface area contributed by atoms with Crippen LogP contribution in [0.25, 0.3) is 43.8 Å². The van der Waals surface area contributed by atoms with Crippen LogP contribution in [0.15, 0.2) is 67.0 Å². The van der Waals surface area contributed by atoms with Crippen LogP contribution in [0.5, 0.6) is 17.4 Å². The number of aromatic nitrogens is 4. The zero-order valence-electron chi connectivity index (χ0n) is 22.9. The number of anilines is 1. The van der Waals surface area contributed by atoms with E-state index >= 15 is 4.39 Å². The Morgan fingerprint density at radius 1 is 1.05 bits per heavy atom. The largest absolute Gasteiger partial charge is 0.506 e. The summed E-state index contributed by atoms with van der Waals surface area (Å²) in [4.78, 5) is 9.18. The lowest BCUT2D eigenvalue weighted by atomic mass is 9.95. The van der Waals surface area contributed by atoms with Crippen molar-refractivity contribution >= 4 is 38.4 Å². The molecule has 0 saturated carbocycles. The van der Waals surface area contributed by atoms with E-state index in [9.17, 15) is 5.11 Å². The number of fused-ring (bicyclic) bond motifs is 4. The van der Waals surface area contributed by atoms with Crippen molar-refractivity contribution in [1.29, 1.82) is 0 Å². The zero-order chi connectivity index (χ0) is 28.8. The number of ether oxygens (including phenoxy) is 3.